The zero-order chi connectivity index (χ0) is 14.7. The van der Waals surface area contributed by atoms with Crippen LogP contribution in [0.2, 0.25) is 5.02 Å². The van der Waals surface area contributed by atoms with Crippen LogP contribution < -0.4 is 9.47 Å². The first-order valence-electron chi connectivity index (χ1n) is 5.91. The van der Waals surface area contributed by atoms with Gasteiger partial charge in [0.2, 0.25) is 0 Å². The number of thiazole rings is 1. The maximum atomic E-state index is 12.3. The first-order valence-corrected chi connectivity index (χ1v) is 7.16. The van der Waals surface area contributed by atoms with Crippen molar-refractivity contribution in [3.8, 4) is 11.5 Å². The number of nitrogens with zero attached hydrogens (tertiary/aromatic N) is 1. The number of methoxy groups -OCH3 is 2. The molecule has 1 aromatic carbocycles. The molecule has 0 N–H and O–H groups in total. The van der Waals surface area contributed by atoms with Gasteiger partial charge in [-0.1, -0.05) is 11.6 Å². The second-order valence-electron chi connectivity index (χ2n) is 4.15. The van der Waals surface area contributed by atoms with Crippen molar-refractivity contribution in [1.82, 2.24) is 4.98 Å². The van der Waals surface area contributed by atoms with Crippen molar-refractivity contribution in [2.75, 3.05) is 14.2 Å². The summed E-state index contributed by atoms with van der Waals surface area (Å²) >= 11 is 7.62. The number of benzene rings is 1. The van der Waals surface area contributed by atoms with Crippen LogP contribution in [-0.2, 0) is 6.42 Å². The molecule has 1 heterocycles. The number of carbonyl (C=O) groups is 1. The molecule has 0 fully saturated rings. The zero-order valence-electron chi connectivity index (χ0n) is 11.4. The van der Waals surface area contributed by atoms with E-state index >= 15 is 0 Å². The van der Waals surface area contributed by atoms with E-state index in [2.05, 4.69) is 4.98 Å². The highest BCUT2D eigenvalue weighted by atomic mass is 35.5. The summed E-state index contributed by atoms with van der Waals surface area (Å²) in [5, 5.41) is 3.18. The van der Waals surface area contributed by atoms with E-state index in [1.165, 1.54) is 25.6 Å². The molecule has 0 atom stereocenters. The van der Waals surface area contributed by atoms with Crippen LogP contribution in [0.25, 0.3) is 0 Å². The fourth-order valence-electron chi connectivity index (χ4n) is 1.83. The van der Waals surface area contributed by atoms with Gasteiger partial charge in [-0.05, 0) is 19.1 Å². The van der Waals surface area contributed by atoms with Crippen molar-refractivity contribution in [2.24, 2.45) is 0 Å². The first kappa shape index (κ1) is 14.8. The van der Waals surface area contributed by atoms with Crippen LogP contribution >= 0.6 is 22.9 Å². The van der Waals surface area contributed by atoms with Crippen LogP contribution in [0.3, 0.4) is 0 Å². The number of carbonyl (C=O) groups excluding carboxylic acids is 1. The van der Waals surface area contributed by atoms with Crippen molar-refractivity contribution in [3.05, 3.63) is 38.8 Å². The Hall–Kier alpha value is -1.59. The minimum absolute atomic E-state index is 0.0573. The average Bonchev–Trinajstić information content (AvgIpc) is 2.82. The minimum atomic E-state index is -0.0573. The van der Waals surface area contributed by atoms with Crippen LogP contribution in [0.5, 0.6) is 11.5 Å². The van der Waals surface area contributed by atoms with Gasteiger partial charge in [0.15, 0.2) is 17.3 Å². The Labute approximate surface area is 126 Å². The van der Waals surface area contributed by atoms with Crippen LogP contribution in [0.15, 0.2) is 17.5 Å². The van der Waals surface area contributed by atoms with Crippen LogP contribution in [0.4, 0.5) is 0 Å². The molecule has 0 spiro atoms. The summed E-state index contributed by atoms with van der Waals surface area (Å²) in [6, 6.07) is 3.22. The highest BCUT2D eigenvalue weighted by molar-refractivity contribution is 7.09. The smallest absolute Gasteiger partial charge is 0.179 e. The first-order chi connectivity index (χ1) is 9.55. The van der Waals surface area contributed by atoms with E-state index < -0.39 is 0 Å². The summed E-state index contributed by atoms with van der Waals surface area (Å²) in [7, 11) is 3.01. The number of aryl methyl sites for hydroxylation is 1. The van der Waals surface area contributed by atoms with Gasteiger partial charge in [-0.25, -0.2) is 4.98 Å². The van der Waals surface area contributed by atoms with Crippen LogP contribution in [0.1, 0.15) is 21.1 Å². The summed E-state index contributed by atoms with van der Waals surface area (Å²) in [5.41, 5.74) is 1.25. The monoisotopic (exact) mass is 311 g/mol. The number of hydrogen-bond donors (Lipinski definition) is 0. The average molecular weight is 312 g/mol. The van der Waals surface area contributed by atoms with Gasteiger partial charge >= 0.3 is 0 Å². The second kappa shape index (κ2) is 6.24. The maximum Gasteiger partial charge on any atom is 0.179 e. The van der Waals surface area contributed by atoms with E-state index in [4.69, 9.17) is 21.1 Å². The summed E-state index contributed by atoms with van der Waals surface area (Å²) < 4.78 is 10.3. The molecular formula is C14H14ClNO3S. The van der Waals surface area contributed by atoms with E-state index in [1.54, 1.807) is 12.1 Å². The molecule has 106 valence electrons. The highest BCUT2D eigenvalue weighted by Gasteiger charge is 2.16. The lowest BCUT2D eigenvalue weighted by Crippen LogP contribution is -2.05. The van der Waals surface area contributed by atoms with E-state index in [-0.39, 0.29) is 12.2 Å². The van der Waals surface area contributed by atoms with E-state index in [1.807, 2.05) is 12.3 Å². The summed E-state index contributed by atoms with van der Waals surface area (Å²) in [6.45, 7) is 1.91. The molecule has 0 saturated carbocycles. The third-order valence-corrected chi connectivity index (χ3v) is 3.87. The van der Waals surface area contributed by atoms with Crippen molar-refractivity contribution in [2.45, 2.75) is 13.3 Å². The van der Waals surface area contributed by atoms with Crippen LogP contribution in [0, 0.1) is 6.92 Å². The second-order valence-corrected chi connectivity index (χ2v) is 5.62. The molecule has 0 bridgehead atoms. The lowest BCUT2D eigenvalue weighted by molar-refractivity contribution is 0.0991. The Bertz CT molecular complexity index is 639. The quantitative estimate of drug-likeness (QED) is 0.792. The number of aromatic nitrogens is 1. The lowest BCUT2D eigenvalue weighted by Gasteiger charge is -2.11. The third-order valence-electron chi connectivity index (χ3n) is 2.76. The Morgan fingerprint density at radius 1 is 1.35 bits per heavy atom. The molecule has 2 aromatic rings. The minimum Gasteiger partial charge on any atom is -0.493 e. The van der Waals surface area contributed by atoms with Gasteiger partial charge in [-0.15, -0.1) is 11.3 Å². The SMILES string of the molecule is COc1cc(C(=O)Cc2csc(C)n2)cc(Cl)c1OC. The normalized spacial score (nSPS) is 10.4. The Morgan fingerprint density at radius 2 is 2.10 bits per heavy atom. The Kier molecular flexibility index (Phi) is 4.62. The molecular weight excluding hydrogens is 298 g/mol. The van der Waals surface area contributed by atoms with Gasteiger partial charge in [-0.3, -0.25) is 4.79 Å². The molecule has 0 radical (unpaired) electrons. The lowest BCUT2D eigenvalue weighted by atomic mass is 10.1. The van der Waals surface area contributed by atoms with Gasteiger partial charge in [0.25, 0.3) is 0 Å². The highest BCUT2D eigenvalue weighted by Crippen LogP contribution is 2.36. The fraction of sp³-hybridized carbons (Fsp3) is 0.286. The number of ketones is 1. The number of ether oxygens (including phenoxy) is 2. The van der Waals surface area contributed by atoms with Crippen molar-refractivity contribution >= 4 is 28.7 Å². The third kappa shape index (κ3) is 3.11. The molecule has 0 saturated heterocycles. The van der Waals surface area contributed by atoms with E-state index in [0.29, 0.717) is 22.1 Å². The zero-order valence-corrected chi connectivity index (χ0v) is 13.0. The Morgan fingerprint density at radius 3 is 2.65 bits per heavy atom. The molecule has 0 aliphatic rings. The standard InChI is InChI=1S/C14H14ClNO3S/c1-8-16-10(7-20-8)6-12(17)9-4-11(15)14(19-3)13(5-9)18-2/h4-5,7H,6H2,1-3H3. The van der Waals surface area contributed by atoms with Crippen molar-refractivity contribution in [3.63, 3.8) is 0 Å². The molecule has 0 aliphatic heterocycles. The van der Waals surface area contributed by atoms with Gasteiger partial charge in [0.1, 0.15) is 0 Å². The molecule has 0 unspecified atom stereocenters. The molecule has 4 nitrogen and oxygen atoms in total. The topological polar surface area (TPSA) is 48.4 Å². The van der Waals surface area contributed by atoms with Gasteiger partial charge in [0.05, 0.1) is 36.4 Å². The Balaban J connectivity index is 2.28. The predicted molar refractivity (Wildman–Crippen MR) is 79.4 cm³/mol. The molecule has 0 aliphatic carbocycles. The van der Waals surface area contributed by atoms with Gasteiger partial charge in [0, 0.05) is 10.9 Å². The summed E-state index contributed by atoms with van der Waals surface area (Å²) in [6.07, 6.45) is 0.246. The van der Waals surface area contributed by atoms with Gasteiger partial charge in [-0.2, -0.15) is 0 Å². The molecule has 1 aromatic heterocycles. The fourth-order valence-corrected chi connectivity index (χ4v) is 2.74. The molecule has 6 heteroatoms. The largest absolute Gasteiger partial charge is 0.493 e. The van der Waals surface area contributed by atoms with Crippen LogP contribution in [-0.4, -0.2) is 25.0 Å². The molecule has 2 rings (SSSR count). The van der Waals surface area contributed by atoms with Crippen molar-refractivity contribution < 1.29 is 14.3 Å². The van der Waals surface area contributed by atoms with E-state index in [9.17, 15) is 4.79 Å². The number of rotatable bonds is 5. The molecule has 20 heavy (non-hydrogen) atoms. The number of Topliss-reactive ketones (excluding diaryl/α,β-unsaturated/α-hetero) is 1. The predicted octanol–water partition coefficient (Wildman–Crippen LogP) is 3.55. The van der Waals surface area contributed by atoms with Gasteiger partial charge < -0.3 is 9.47 Å². The maximum absolute atomic E-state index is 12.3. The number of hydrogen-bond acceptors (Lipinski definition) is 5. The molecule has 0 amide bonds. The summed E-state index contributed by atoms with van der Waals surface area (Å²) in [5.74, 6) is 0.811. The number of halogens is 1. The van der Waals surface area contributed by atoms with E-state index in [0.717, 1.165) is 10.7 Å². The summed E-state index contributed by atoms with van der Waals surface area (Å²) in [4.78, 5) is 16.5. The van der Waals surface area contributed by atoms with Crippen molar-refractivity contribution in [1.29, 1.82) is 0 Å².